The summed E-state index contributed by atoms with van der Waals surface area (Å²) in [6.07, 6.45) is 4.80. The Morgan fingerprint density at radius 2 is 1.88 bits per heavy atom. The number of benzene rings is 1. The standard InChI is InChI=1S/C21H33ClN4/c1-4-23-20(25-19-9-13-26(14-10-19)16(2)3)24-15-21(11-12-21)17-5-7-18(22)8-6-17/h5-8,16,19H,4,9-15H2,1-3H3,(H2,23,24,25). The molecule has 0 aromatic heterocycles. The van der Waals surface area contributed by atoms with Gasteiger partial charge in [-0.2, -0.15) is 0 Å². The van der Waals surface area contributed by atoms with Gasteiger partial charge in [0.25, 0.3) is 0 Å². The van der Waals surface area contributed by atoms with Crippen LogP contribution in [-0.2, 0) is 5.41 Å². The van der Waals surface area contributed by atoms with Crippen LogP contribution in [0.15, 0.2) is 29.3 Å². The van der Waals surface area contributed by atoms with Crippen LogP contribution in [0.25, 0.3) is 0 Å². The van der Waals surface area contributed by atoms with Crippen molar-refractivity contribution in [3.05, 3.63) is 34.9 Å². The molecule has 1 aromatic rings. The fourth-order valence-electron chi connectivity index (χ4n) is 3.80. The molecule has 2 N–H and O–H groups in total. The molecule has 26 heavy (non-hydrogen) atoms. The van der Waals surface area contributed by atoms with Crippen molar-refractivity contribution in [2.45, 2.75) is 64.0 Å². The highest BCUT2D eigenvalue weighted by Crippen LogP contribution is 2.48. The molecule has 0 bridgehead atoms. The maximum absolute atomic E-state index is 6.04. The number of rotatable bonds is 6. The lowest BCUT2D eigenvalue weighted by Gasteiger charge is -2.35. The Labute approximate surface area is 163 Å². The molecule has 0 spiro atoms. The lowest BCUT2D eigenvalue weighted by Crippen LogP contribution is -2.50. The topological polar surface area (TPSA) is 39.7 Å². The SMILES string of the molecule is CCNC(=NCC1(c2ccc(Cl)cc2)CC1)NC1CCN(C(C)C)CC1. The lowest BCUT2D eigenvalue weighted by atomic mass is 9.96. The Bertz CT molecular complexity index is 599. The maximum Gasteiger partial charge on any atom is 0.191 e. The number of halogens is 1. The first-order chi connectivity index (χ1) is 12.5. The predicted molar refractivity (Wildman–Crippen MR) is 111 cm³/mol. The van der Waals surface area contributed by atoms with Crippen molar-refractivity contribution in [3.8, 4) is 0 Å². The smallest absolute Gasteiger partial charge is 0.191 e. The van der Waals surface area contributed by atoms with E-state index in [9.17, 15) is 0 Å². The summed E-state index contributed by atoms with van der Waals surface area (Å²) in [5.41, 5.74) is 1.58. The Balaban J connectivity index is 1.58. The van der Waals surface area contributed by atoms with Gasteiger partial charge in [-0.05, 0) is 64.2 Å². The molecule has 0 radical (unpaired) electrons. The van der Waals surface area contributed by atoms with Gasteiger partial charge in [-0.15, -0.1) is 0 Å². The van der Waals surface area contributed by atoms with Gasteiger partial charge in [0.05, 0.1) is 6.54 Å². The lowest BCUT2D eigenvalue weighted by molar-refractivity contribution is 0.167. The Morgan fingerprint density at radius 1 is 1.23 bits per heavy atom. The van der Waals surface area contributed by atoms with Gasteiger partial charge < -0.3 is 15.5 Å². The first-order valence-corrected chi connectivity index (χ1v) is 10.4. The molecule has 1 aromatic carbocycles. The van der Waals surface area contributed by atoms with Gasteiger partial charge in [-0.3, -0.25) is 4.99 Å². The normalized spacial score (nSPS) is 21.0. The third-order valence-electron chi connectivity index (χ3n) is 5.79. The second-order valence-corrected chi connectivity index (χ2v) is 8.47. The highest BCUT2D eigenvalue weighted by Gasteiger charge is 2.44. The van der Waals surface area contributed by atoms with Crippen LogP contribution in [0.4, 0.5) is 0 Å². The zero-order valence-corrected chi connectivity index (χ0v) is 17.1. The molecule has 4 nitrogen and oxygen atoms in total. The van der Waals surface area contributed by atoms with E-state index in [-0.39, 0.29) is 5.41 Å². The van der Waals surface area contributed by atoms with E-state index in [2.05, 4.69) is 48.4 Å². The molecular formula is C21H33ClN4. The molecule has 5 heteroatoms. The molecule has 0 atom stereocenters. The van der Waals surface area contributed by atoms with E-state index in [0.29, 0.717) is 12.1 Å². The molecule has 1 saturated heterocycles. The quantitative estimate of drug-likeness (QED) is 0.586. The van der Waals surface area contributed by atoms with Gasteiger partial charge in [0.2, 0.25) is 0 Å². The van der Waals surface area contributed by atoms with Crippen molar-refractivity contribution in [1.29, 1.82) is 0 Å². The minimum atomic E-state index is 0.216. The van der Waals surface area contributed by atoms with Crippen LogP contribution in [0.2, 0.25) is 5.02 Å². The minimum Gasteiger partial charge on any atom is -0.357 e. The van der Waals surface area contributed by atoms with E-state index in [4.69, 9.17) is 16.6 Å². The number of nitrogens with one attached hydrogen (secondary N) is 2. The Morgan fingerprint density at radius 3 is 2.42 bits per heavy atom. The summed E-state index contributed by atoms with van der Waals surface area (Å²) in [4.78, 5) is 7.50. The third kappa shape index (κ3) is 4.92. The van der Waals surface area contributed by atoms with Crippen LogP contribution in [0, 0.1) is 0 Å². The molecule has 2 aliphatic rings. The summed E-state index contributed by atoms with van der Waals surface area (Å²) in [6.45, 7) is 10.8. The summed E-state index contributed by atoms with van der Waals surface area (Å²) in [6, 6.07) is 9.47. The fraction of sp³-hybridized carbons (Fsp3) is 0.667. The van der Waals surface area contributed by atoms with Gasteiger partial charge in [-0.1, -0.05) is 23.7 Å². The highest BCUT2D eigenvalue weighted by atomic mass is 35.5. The zero-order valence-electron chi connectivity index (χ0n) is 16.4. The highest BCUT2D eigenvalue weighted by molar-refractivity contribution is 6.30. The molecule has 1 heterocycles. The van der Waals surface area contributed by atoms with E-state index in [1.807, 2.05) is 12.1 Å². The van der Waals surface area contributed by atoms with Gasteiger partial charge in [-0.25, -0.2) is 0 Å². The average molecular weight is 377 g/mol. The first kappa shape index (κ1) is 19.5. The van der Waals surface area contributed by atoms with Crippen molar-refractivity contribution < 1.29 is 0 Å². The zero-order chi connectivity index (χ0) is 18.6. The molecule has 2 fully saturated rings. The average Bonchev–Trinajstić information content (AvgIpc) is 3.42. The van der Waals surface area contributed by atoms with Crippen LogP contribution in [-0.4, -0.2) is 49.1 Å². The van der Waals surface area contributed by atoms with Crippen molar-refractivity contribution in [2.75, 3.05) is 26.2 Å². The Hall–Kier alpha value is -1.26. The van der Waals surface area contributed by atoms with E-state index in [0.717, 1.165) is 24.1 Å². The Kier molecular flexibility index (Phi) is 6.46. The van der Waals surface area contributed by atoms with Gasteiger partial charge in [0.1, 0.15) is 0 Å². The van der Waals surface area contributed by atoms with Crippen molar-refractivity contribution in [3.63, 3.8) is 0 Å². The summed E-state index contributed by atoms with van der Waals surface area (Å²) in [7, 11) is 0. The number of nitrogens with zero attached hydrogens (tertiary/aromatic N) is 2. The summed E-state index contributed by atoms with van der Waals surface area (Å²) in [5.74, 6) is 0.968. The van der Waals surface area contributed by atoms with Gasteiger partial charge >= 0.3 is 0 Å². The molecule has 3 rings (SSSR count). The fourth-order valence-corrected chi connectivity index (χ4v) is 3.92. The number of hydrogen-bond acceptors (Lipinski definition) is 2. The molecule has 0 amide bonds. The summed E-state index contributed by atoms with van der Waals surface area (Å²) < 4.78 is 0. The maximum atomic E-state index is 6.04. The molecule has 0 unspecified atom stereocenters. The molecular weight excluding hydrogens is 344 g/mol. The second kappa shape index (κ2) is 8.62. The molecule has 1 aliphatic carbocycles. The van der Waals surface area contributed by atoms with E-state index >= 15 is 0 Å². The van der Waals surface area contributed by atoms with Gasteiger partial charge in [0.15, 0.2) is 5.96 Å². The number of guanidine groups is 1. The van der Waals surface area contributed by atoms with Crippen molar-refractivity contribution in [2.24, 2.45) is 4.99 Å². The molecule has 1 aliphatic heterocycles. The van der Waals surface area contributed by atoms with Crippen LogP contribution < -0.4 is 10.6 Å². The number of likely N-dealkylation sites (tertiary alicyclic amines) is 1. The summed E-state index contributed by atoms with van der Waals surface area (Å²) in [5, 5.41) is 7.90. The minimum absolute atomic E-state index is 0.216. The molecule has 1 saturated carbocycles. The van der Waals surface area contributed by atoms with Crippen LogP contribution >= 0.6 is 11.6 Å². The van der Waals surface area contributed by atoms with Crippen molar-refractivity contribution in [1.82, 2.24) is 15.5 Å². The van der Waals surface area contributed by atoms with Crippen LogP contribution in [0.3, 0.4) is 0 Å². The summed E-state index contributed by atoms with van der Waals surface area (Å²) >= 11 is 6.04. The largest absolute Gasteiger partial charge is 0.357 e. The number of aliphatic imine (C=N–C) groups is 1. The molecule has 144 valence electrons. The van der Waals surface area contributed by atoms with Crippen LogP contribution in [0.5, 0.6) is 0 Å². The second-order valence-electron chi connectivity index (χ2n) is 8.03. The third-order valence-corrected chi connectivity index (χ3v) is 6.05. The predicted octanol–water partition coefficient (Wildman–Crippen LogP) is 3.80. The number of hydrogen-bond donors (Lipinski definition) is 2. The van der Waals surface area contributed by atoms with E-state index in [1.54, 1.807) is 0 Å². The monoisotopic (exact) mass is 376 g/mol. The number of piperidine rings is 1. The van der Waals surface area contributed by atoms with E-state index < -0.39 is 0 Å². The first-order valence-electron chi connectivity index (χ1n) is 10.1. The van der Waals surface area contributed by atoms with Gasteiger partial charge in [0, 0.05) is 42.2 Å². The van der Waals surface area contributed by atoms with Crippen LogP contribution in [0.1, 0.15) is 52.0 Å². The van der Waals surface area contributed by atoms with Crippen molar-refractivity contribution >= 4 is 17.6 Å². The van der Waals surface area contributed by atoms with E-state index in [1.165, 1.54) is 44.3 Å².